The number of fused-ring (bicyclic) bond motifs is 3. The molecule has 4 heterocycles. The van der Waals surface area contributed by atoms with Crippen molar-refractivity contribution in [1.29, 1.82) is 0 Å². The van der Waals surface area contributed by atoms with E-state index in [1.54, 1.807) is 12.1 Å². The zero-order valence-corrected chi connectivity index (χ0v) is 22.7. The van der Waals surface area contributed by atoms with Gasteiger partial charge in [0, 0.05) is 30.0 Å². The molecule has 2 aromatic carbocycles. The van der Waals surface area contributed by atoms with Crippen molar-refractivity contribution in [3.63, 3.8) is 0 Å². The Kier molecular flexibility index (Phi) is 7.37. The quantitative estimate of drug-likeness (QED) is 0.368. The Morgan fingerprint density at radius 3 is 2.10 bits per heavy atom. The van der Waals surface area contributed by atoms with E-state index in [0.717, 1.165) is 42.2 Å². The first-order valence-electron chi connectivity index (χ1n) is 14.1. The number of carbonyl (C=O) groups is 1. The predicted octanol–water partition coefficient (Wildman–Crippen LogP) is 5.20. The molecule has 8 nitrogen and oxygen atoms in total. The standard InChI is InChI=1S/C33H32N4O4/c38-30(39)22-35-19-11-16-27(32(35)40)31-33(41)37(29-18-9-8-17-28(29)34-31)26-20-24-14-10-15-25(21-26)36(24)23-12-6-4-2-1-3-5-7-13-23/h1-9,11-13,16-19,24-26H,10,14-15,20-22H2,(H,38,39). The van der Waals surface area contributed by atoms with E-state index in [4.69, 9.17) is 0 Å². The molecule has 0 saturated carbocycles. The highest BCUT2D eigenvalue weighted by Crippen LogP contribution is 2.42. The van der Waals surface area contributed by atoms with Gasteiger partial charge in [0.25, 0.3) is 11.1 Å². The summed E-state index contributed by atoms with van der Waals surface area (Å²) in [6.07, 6.45) is 6.25. The summed E-state index contributed by atoms with van der Waals surface area (Å²) in [7, 11) is 0. The van der Waals surface area contributed by atoms with Crippen molar-refractivity contribution in [2.45, 2.75) is 56.8 Å². The summed E-state index contributed by atoms with van der Waals surface area (Å²) < 4.78 is 2.94. The van der Waals surface area contributed by atoms with E-state index in [9.17, 15) is 19.5 Å². The molecule has 6 rings (SSSR count). The summed E-state index contributed by atoms with van der Waals surface area (Å²) in [6, 6.07) is 29.7. The topological polar surface area (TPSA) is 97.4 Å². The maximum atomic E-state index is 14.2. The molecule has 2 unspecified atom stereocenters. The molecule has 2 aliphatic rings. The Hall–Kier alpha value is -4.72. The third-order valence-electron chi connectivity index (χ3n) is 8.19. The lowest BCUT2D eigenvalue weighted by atomic mass is 9.81. The van der Waals surface area contributed by atoms with Gasteiger partial charge in [0.05, 0.1) is 16.6 Å². The molecule has 8 heteroatoms. The Bertz CT molecular complexity index is 1740. The van der Waals surface area contributed by atoms with Crippen molar-refractivity contribution >= 4 is 22.7 Å². The number of benzene rings is 1. The number of carboxylic acid groups (broad SMARTS) is 1. The lowest BCUT2D eigenvalue weighted by Gasteiger charge is -2.50. The second kappa shape index (κ2) is 11.4. The van der Waals surface area contributed by atoms with Crippen molar-refractivity contribution in [2.75, 3.05) is 4.90 Å². The maximum absolute atomic E-state index is 14.2. The molecule has 2 atom stereocenters. The molecular weight excluding hydrogens is 516 g/mol. The molecule has 2 saturated heterocycles. The third-order valence-corrected chi connectivity index (χ3v) is 8.19. The van der Waals surface area contributed by atoms with E-state index < -0.39 is 18.1 Å². The predicted molar refractivity (Wildman–Crippen MR) is 160 cm³/mol. The van der Waals surface area contributed by atoms with Crippen LogP contribution in [-0.2, 0) is 11.3 Å². The van der Waals surface area contributed by atoms with Crippen LogP contribution in [0.3, 0.4) is 0 Å². The van der Waals surface area contributed by atoms with Crippen molar-refractivity contribution in [3.8, 4) is 11.3 Å². The highest BCUT2D eigenvalue weighted by atomic mass is 16.4. The lowest BCUT2D eigenvalue weighted by Crippen LogP contribution is -2.53. The van der Waals surface area contributed by atoms with Gasteiger partial charge in [-0.3, -0.25) is 14.4 Å². The van der Waals surface area contributed by atoms with Gasteiger partial charge in [-0.1, -0.05) is 54.6 Å². The molecule has 4 aromatic rings. The van der Waals surface area contributed by atoms with Crippen LogP contribution in [0.5, 0.6) is 0 Å². The summed E-state index contributed by atoms with van der Waals surface area (Å²) >= 11 is 0. The highest BCUT2D eigenvalue weighted by Gasteiger charge is 2.39. The smallest absolute Gasteiger partial charge is 0.323 e. The molecule has 0 amide bonds. The number of nitrogens with zero attached hydrogens (tertiary/aromatic N) is 4. The molecule has 208 valence electrons. The van der Waals surface area contributed by atoms with Gasteiger partial charge in [-0.2, -0.15) is 0 Å². The van der Waals surface area contributed by atoms with Crippen LogP contribution in [0.2, 0.25) is 0 Å². The van der Waals surface area contributed by atoms with Crippen LogP contribution < -0.4 is 16.0 Å². The molecule has 0 radical (unpaired) electrons. The molecular formula is C33H32N4O4. The monoisotopic (exact) mass is 548 g/mol. The molecule has 0 aliphatic carbocycles. The fourth-order valence-corrected chi connectivity index (χ4v) is 6.52. The second-order valence-corrected chi connectivity index (χ2v) is 10.7. The zero-order chi connectivity index (χ0) is 28.3. The maximum Gasteiger partial charge on any atom is 0.323 e. The Morgan fingerprint density at radius 1 is 0.780 bits per heavy atom. The minimum Gasteiger partial charge on any atom is -0.480 e. The zero-order valence-electron chi connectivity index (χ0n) is 22.7. The van der Waals surface area contributed by atoms with E-state index in [1.807, 2.05) is 59.2 Å². The Morgan fingerprint density at radius 2 is 1.41 bits per heavy atom. The first-order chi connectivity index (χ1) is 20.0. The van der Waals surface area contributed by atoms with Crippen LogP contribution in [-0.4, -0.2) is 37.3 Å². The molecule has 1 N–H and O–H groups in total. The lowest BCUT2D eigenvalue weighted by molar-refractivity contribution is -0.137. The molecule has 2 aliphatic heterocycles. The average molecular weight is 549 g/mol. The van der Waals surface area contributed by atoms with Crippen LogP contribution >= 0.6 is 0 Å². The summed E-state index contributed by atoms with van der Waals surface area (Å²) in [6.45, 7) is -0.484. The van der Waals surface area contributed by atoms with Crippen molar-refractivity contribution in [1.82, 2.24) is 14.1 Å². The first kappa shape index (κ1) is 26.5. The number of anilines is 1. The second-order valence-electron chi connectivity index (χ2n) is 10.7. The number of carboxylic acids is 1. The van der Waals surface area contributed by atoms with Gasteiger partial charge in [-0.25, -0.2) is 4.98 Å². The van der Waals surface area contributed by atoms with Gasteiger partial charge in [0.15, 0.2) is 0 Å². The highest BCUT2D eigenvalue weighted by molar-refractivity contribution is 5.78. The van der Waals surface area contributed by atoms with E-state index in [-0.39, 0.29) is 34.9 Å². The van der Waals surface area contributed by atoms with Crippen molar-refractivity contribution < 1.29 is 9.90 Å². The van der Waals surface area contributed by atoms with Gasteiger partial charge in [0.1, 0.15) is 12.2 Å². The van der Waals surface area contributed by atoms with Crippen LogP contribution in [0.4, 0.5) is 5.69 Å². The molecule has 41 heavy (non-hydrogen) atoms. The molecule has 2 aromatic heterocycles. The van der Waals surface area contributed by atoms with E-state index in [1.165, 1.54) is 11.9 Å². The van der Waals surface area contributed by atoms with Crippen LogP contribution in [0.15, 0.2) is 107 Å². The van der Waals surface area contributed by atoms with Gasteiger partial charge in [0.2, 0.25) is 0 Å². The SMILES string of the molecule is O=C(O)Cn1cccc(-c2nc3ccccc3n(C3CC4CCCC(C3)N4c3ccccccccc3)c2=O)c1=O. The van der Waals surface area contributed by atoms with Crippen molar-refractivity contribution in [2.24, 2.45) is 0 Å². The van der Waals surface area contributed by atoms with Gasteiger partial charge in [-0.15, -0.1) is 0 Å². The number of aromatic nitrogens is 3. The number of hydrogen-bond donors (Lipinski definition) is 1. The molecule has 2 bridgehead atoms. The number of hydrogen-bond acceptors (Lipinski definition) is 5. The number of piperidine rings is 2. The van der Waals surface area contributed by atoms with E-state index in [0.29, 0.717) is 5.52 Å². The number of pyridine rings is 1. The largest absolute Gasteiger partial charge is 0.480 e. The summed E-state index contributed by atoms with van der Waals surface area (Å²) in [4.78, 5) is 45.9. The fraction of sp³-hybridized carbons (Fsp3) is 0.273. The van der Waals surface area contributed by atoms with E-state index >= 15 is 0 Å². The summed E-state index contributed by atoms with van der Waals surface area (Å²) in [5, 5.41) is 9.25. The van der Waals surface area contributed by atoms with E-state index in [2.05, 4.69) is 34.1 Å². The van der Waals surface area contributed by atoms with Crippen LogP contribution in [0.25, 0.3) is 22.3 Å². The minimum absolute atomic E-state index is 0.0592. The summed E-state index contributed by atoms with van der Waals surface area (Å²) in [5.74, 6) is -1.13. The molecule has 0 spiro atoms. The minimum atomic E-state index is -1.13. The van der Waals surface area contributed by atoms with Crippen LogP contribution in [0, 0.1) is 0 Å². The Labute approximate surface area is 237 Å². The van der Waals surface area contributed by atoms with Crippen LogP contribution in [0.1, 0.15) is 38.1 Å². The van der Waals surface area contributed by atoms with Gasteiger partial charge >= 0.3 is 5.97 Å². The normalized spacial score (nSPS) is 19.9. The number of para-hydroxylation sites is 2. The van der Waals surface area contributed by atoms with Crippen molar-refractivity contribution in [3.05, 3.63) is 118 Å². The number of aliphatic carboxylic acids is 1. The first-order valence-corrected chi connectivity index (χ1v) is 14.1. The molecule has 2 fully saturated rings. The average Bonchev–Trinajstić information content (AvgIpc) is 2.96. The number of rotatable bonds is 5. The third kappa shape index (κ3) is 5.25. The van der Waals surface area contributed by atoms with Gasteiger partial charge in [-0.05, 0) is 68.5 Å². The van der Waals surface area contributed by atoms with Gasteiger partial charge < -0.3 is 19.1 Å². The Balaban J connectivity index is 1.45. The summed E-state index contributed by atoms with van der Waals surface area (Å²) in [5.41, 5.74) is 1.86. The fourth-order valence-electron chi connectivity index (χ4n) is 6.52.